The van der Waals surface area contributed by atoms with E-state index in [9.17, 15) is 9.90 Å². The van der Waals surface area contributed by atoms with Crippen LogP contribution in [0.15, 0.2) is 21.7 Å². The number of hydrogen-bond donors (Lipinski definition) is 2. The minimum absolute atomic E-state index is 0.0146. The molecule has 2 aromatic rings. The Bertz CT molecular complexity index is 743. The van der Waals surface area contributed by atoms with E-state index in [1.54, 1.807) is 25.3 Å². The Morgan fingerprint density at radius 2 is 2.27 bits per heavy atom. The van der Waals surface area contributed by atoms with E-state index in [2.05, 4.69) is 31.4 Å². The number of hydrogen-bond acceptors (Lipinski definition) is 7. The van der Waals surface area contributed by atoms with E-state index in [-0.39, 0.29) is 11.5 Å². The van der Waals surface area contributed by atoms with E-state index in [0.717, 1.165) is 5.56 Å². The number of nitrogens with zero attached hydrogens (tertiary/aromatic N) is 2. The van der Waals surface area contributed by atoms with Gasteiger partial charge in [-0.05, 0) is 40.5 Å². The second-order valence-electron chi connectivity index (χ2n) is 4.41. The zero-order valence-corrected chi connectivity index (χ0v) is 14.6. The molecular formula is C14H14BrN3O3S. The average Bonchev–Trinajstić information content (AvgIpc) is 2.83. The summed E-state index contributed by atoms with van der Waals surface area (Å²) in [6, 6.07) is 3.36. The van der Waals surface area contributed by atoms with Crippen molar-refractivity contribution in [3.05, 3.63) is 32.7 Å². The quantitative estimate of drug-likeness (QED) is 0.468. The van der Waals surface area contributed by atoms with E-state index >= 15 is 0 Å². The third-order valence-electron chi connectivity index (χ3n) is 2.76. The summed E-state index contributed by atoms with van der Waals surface area (Å²) in [5.74, 6) is 0.369. The maximum atomic E-state index is 11.4. The normalized spacial score (nSPS) is 10.9. The Kier molecular flexibility index (Phi) is 5.15. The minimum atomic E-state index is -0.0146. The molecule has 6 nitrogen and oxygen atoms in total. The van der Waals surface area contributed by atoms with Gasteiger partial charge in [-0.1, -0.05) is 11.3 Å². The van der Waals surface area contributed by atoms with Gasteiger partial charge in [0.1, 0.15) is 0 Å². The van der Waals surface area contributed by atoms with Gasteiger partial charge in [0, 0.05) is 6.92 Å². The van der Waals surface area contributed by atoms with Gasteiger partial charge in [0.2, 0.25) is 5.13 Å². The zero-order valence-electron chi connectivity index (χ0n) is 12.2. The number of anilines is 1. The molecule has 1 aromatic heterocycles. The molecule has 1 aromatic carbocycles. The number of ketones is 1. The number of ether oxygens (including phenoxy) is 1. The van der Waals surface area contributed by atoms with E-state index in [4.69, 9.17) is 4.74 Å². The van der Waals surface area contributed by atoms with Gasteiger partial charge in [-0.3, -0.25) is 10.2 Å². The van der Waals surface area contributed by atoms with E-state index < -0.39 is 0 Å². The summed E-state index contributed by atoms with van der Waals surface area (Å²) in [6.45, 7) is 3.29. The number of aryl methyl sites for hydroxylation is 1. The zero-order chi connectivity index (χ0) is 16.3. The van der Waals surface area contributed by atoms with Crippen LogP contribution in [-0.2, 0) is 0 Å². The monoisotopic (exact) mass is 383 g/mol. The van der Waals surface area contributed by atoms with Gasteiger partial charge >= 0.3 is 0 Å². The molecule has 0 saturated heterocycles. The van der Waals surface area contributed by atoms with Crippen molar-refractivity contribution < 1.29 is 14.6 Å². The first-order valence-electron chi connectivity index (χ1n) is 6.26. The third kappa shape index (κ3) is 3.63. The fourth-order valence-corrected chi connectivity index (χ4v) is 3.03. The smallest absolute Gasteiger partial charge is 0.204 e. The molecule has 0 amide bonds. The lowest BCUT2D eigenvalue weighted by molar-refractivity contribution is 0.102. The summed E-state index contributed by atoms with van der Waals surface area (Å²) in [5.41, 5.74) is 4.20. The third-order valence-corrected chi connectivity index (χ3v) is 4.53. The first-order chi connectivity index (χ1) is 10.4. The Morgan fingerprint density at radius 1 is 1.55 bits per heavy atom. The maximum Gasteiger partial charge on any atom is 0.204 e. The van der Waals surface area contributed by atoms with E-state index in [1.165, 1.54) is 25.4 Å². The molecule has 8 heteroatoms. The average molecular weight is 384 g/mol. The van der Waals surface area contributed by atoms with Crippen molar-refractivity contribution >= 4 is 44.4 Å². The number of phenols is 1. The number of phenolic OH excluding ortho intramolecular Hbond substituents is 1. The van der Waals surface area contributed by atoms with Crippen molar-refractivity contribution in [3.63, 3.8) is 0 Å². The Hall–Kier alpha value is -1.93. The molecule has 22 heavy (non-hydrogen) atoms. The number of benzene rings is 1. The summed E-state index contributed by atoms with van der Waals surface area (Å²) < 4.78 is 5.58. The van der Waals surface area contributed by atoms with Crippen molar-refractivity contribution in [2.45, 2.75) is 13.8 Å². The number of halogens is 1. The first-order valence-corrected chi connectivity index (χ1v) is 7.87. The maximum absolute atomic E-state index is 11.4. The highest BCUT2D eigenvalue weighted by Crippen LogP contribution is 2.34. The fraction of sp³-hybridized carbons (Fsp3) is 0.214. The number of nitrogens with one attached hydrogen (secondary N) is 1. The summed E-state index contributed by atoms with van der Waals surface area (Å²) in [7, 11) is 1.47. The number of methoxy groups -OCH3 is 1. The largest absolute Gasteiger partial charge is 0.503 e. The Morgan fingerprint density at radius 3 is 2.86 bits per heavy atom. The van der Waals surface area contributed by atoms with Crippen LogP contribution in [0.4, 0.5) is 5.13 Å². The highest BCUT2D eigenvalue weighted by Gasteiger charge is 2.11. The highest BCUT2D eigenvalue weighted by atomic mass is 79.9. The van der Waals surface area contributed by atoms with Gasteiger partial charge in [-0.15, -0.1) is 0 Å². The molecule has 0 atom stereocenters. The number of carbonyl (C=O) groups is 1. The van der Waals surface area contributed by atoms with Crippen LogP contribution < -0.4 is 10.2 Å². The number of thiazole rings is 1. The molecule has 0 unspecified atom stereocenters. The predicted molar refractivity (Wildman–Crippen MR) is 90.4 cm³/mol. The van der Waals surface area contributed by atoms with Crippen LogP contribution in [0.2, 0.25) is 0 Å². The van der Waals surface area contributed by atoms with Gasteiger partial charge < -0.3 is 9.84 Å². The van der Waals surface area contributed by atoms with Gasteiger partial charge in [-0.2, -0.15) is 5.10 Å². The van der Waals surface area contributed by atoms with Crippen LogP contribution in [0.3, 0.4) is 0 Å². The van der Waals surface area contributed by atoms with Crippen LogP contribution in [-0.4, -0.2) is 29.2 Å². The lowest BCUT2D eigenvalue weighted by Crippen LogP contribution is -1.92. The molecule has 2 N–H and O–H groups in total. The first kappa shape index (κ1) is 16.4. The molecule has 0 spiro atoms. The standard InChI is InChI=1S/C14H14BrN3O3S/c1-7-13(8(2)19)22-14(17-7)18-16-6-9-4-10(15)12(20)11(5-9)21-3/h4-6,20H,1-3H3,(H,17,18)/b16-6+. The molecule has 2 rings (SSSR count). The molecule has 0 aliphatic carbocycles. The summed E-state index contributed by atoms with van der Waals surface area (Å²) in [4.78, 5) is 16.2. The van der Waals surface area contributed by atoms with Gasteiger partial charge in [0.25, 0.3) is 0 Å². The molecule has 0 bridgehead atoms. The topological polar surface area (TPSA) is 83.8 Å². The number of aromatic nitrogens is 1. The summed E-state index contributed by atoms with van der Waals surface area (Å²) in [6.07, 6.45) is 1.57. The van der Waals surface area contributed by atoms with Crippen molar-refractivity contribution in [1.29, 1.82) is 0 Å². The molecule has 0 aliphatic rings. The molecule has 0 aliphatic heterocycles. The Balaban J connectivity index is 2.14. The number of aromatic hydroxyl groups is 1. The molecule has 0 saturated carbocycles. The number of rotatable bonds is 5. The lowest BCUT2D eigenvalue weighted by Gasteiger charge is -2.06. The molecule has 0 fully saturated rings. The van der Waals surface area contributed by atoms with Crippen LogP contribution in [0.1, 0.15) is 27.9 Å². The van der Waals surface area contributed by atoms with E-state index in [1.807, 2.05) is 0 Å². The van der Waals surface area contributed by atoms with E-state index in [0.29, 0.717) is 25.9 Å². The lowest BCUT2D eigenvalue weighted by atomic mass is 10.2. The van der Waals surface area contributed by atoms with Crippen molar-refractivity contribution in [3.8, 4) is 11.5 Å². The molecule has 116 valence electrons. The van der Waals surface area contributed by atoms with Crippen LogP contribution in [0.5, 0.6) is 11.5 Å². The molecule has 1 heterocycles. The van der Waals surface area contributed by atoms with Crippen LogP contribution >= 0.6 is 27.3 Å². The van der Waals surface area contributed by atoms with Crippen molar-refractivity contribution in [2.24, 2.45) is 5.10 Å². The predicted octanol–water partition coefficient (Wildman–Crippen LogP) is 3.58. The molecule has 0 radical (unpaired) electrons. The second kappa shape index (κ2) is 6.89. The van der Waals surface area contributed by atoms with Gasteiger partial charge in [0.05, 0.1) is 28.4 Å². The van der Waals surface area contributed by atoms with Crippen LogP contribution in [0.25, 0.3) is 0 Å². The molecular weight excluding hydrogens is 370 g/mol. The number of Topliss-reactive ketones (excluding diaryl/α,β-unsaturated/α-hetero) is 1. The summed E-state index contributed by atoms with van der Waals surface area (Å²) >= 11 is 4.50. The Labute approximate surface area is 140 Å². The van der Waals surface area contributed by atoms with Gasteiger partial charge in [0.15, 0.2) is 17.3 Å². The van der Waals surface area contributed by atoms with Crippen LogP contribution in [0, 0.1) is 6.92 Å². The SMILES string of the molecule is COc1cc(/C=N/Nc2nc(C)c(C(C)=O)s2)cc(Br)c1O. The minimum Gasteiger partial charge on any atom is -0.503 e. The number of hydrazone groups is 1. The highest BCUT2D eigenvalue weighted by molar-refractivity contribution is 9.10. The van der Waals surface area contributed by atoms with Crippen molar-refractivity contribution in [2.75, 3.05) is 12.5 Å². The van der Waals surface area contributed by atoms with Crippen molar-refractivity contribution in [1.82, 2.24) is 4.98 Å². The fourth-order valence-electron chi connectivity index (χ4n) is 1.76. The van der Waals surface area contributed by atoms with Gasteiger partial charge in [-0.25, -0.2) is 4.98 Å². The second-order valence-corrected chi connectivity index (χ2v) is 6.27. The number of carbonyl (C=O) groups excluding carboxylic acids is 1. The summed E-state index contributed by atoms with van der Waals surface area (Å²) in [5, 5.41) is 14.4.